The number of nitrogen functional groups attached to an aromatic ring is 1. The van der Waals surface area contributed by atoms with Crippen LogP contribution < -0.4 is 10.5 Å². The molecule has 3 N–H and O–H groups in total. The third-order valence-corrected chi connectivity index (χ3v) is 5.86. The van der Waals surface area contributed by atoms with Gasteiger partial charge < -0.3 is 5.73 Å². The second kappa shape index (κ2) is 6.45. The number of rotatable bonds is 4. The van der Waals surface area contributed by atoms with E-state index in [1.165, 1.54) is 18.9 Å². The fourth-order valence-electron chi connectivity index (χ4n) is 2.81. The van der Waals surface area contributed by atoms with E-state index in [0.717, 1.165) is 17.3 Å². The Kier molecular flexibility index (Phi) is 5.09. The van der Waals surface area contributed by atoms with Crippen LogP contribution in [0.2, 0.25) is 0 Å². The largest absolute Gasteiger partial charge is 0.398 e. The van der Waals surface area contributed by atoms with Crippen molar-refractivity contribution in [3.63, 3.8) is 0 Å². The number of hydrogen-bond acceptors (Lipinski definition) is 3. The molecule has 0 bridgehead atoms. The lowest BCUT2D eigenvalue weighted by Gasteiger charge is -2.26. The van der Waals surface area contributed by atoms with Crippen molar-refractivity contribution in [1.82, 2.24) is 4.72 Å². The summed E-state index contributed by atoms with van der Waals surface area (Å²) in [4.78, 5) is 0.157. The van der Waals surface area contributed by atoms with E-state index >= 15 is 0 Å². The van der Waals surface area contributed by atoms with E-state index in [1.807, 2.05) is 0 Å². The molecule has 0 amide bonds. The van der Waals surface area contributed by atoms with E-state index in [1.54, 1.807) is 12.1 Å². The smallest absolute Gasteiger partial charge is 0.242 e. The number of benzene rings is 1. The highest BCUT2D eigenvalue weighted by Gasteiger charge is 2.22. The lowest BCUT2D eigenvalue weighted by atomic mass is 9.83. The molecule has 0 heterocycles. The highest BCUT2D eigenvalue weighted by Crippen LogP contribution is 2.29. The zero-order valence-electron chi connectivity index (χ0n) is 11.6. The number of anilines is 1. The van der Waals surface area contributed by atoms with Crippen LogP contribution in [0.25, 0.3) is 0 Å². The summed E-state index contributed by atoms with van der Waals surface area (Å²) < 4.78 is 28.0. The van der Waals surface area contributed by atoms with Crippen LogP contribution >= 0.6 is 15.9 Å². The standard InChI is InChI=1S/C14H21BrN2O2S/c1-10-3-2-4-11(7-10)9-17-20(18,19)14-6-5-12(15)8-13(14)16/h5-6,8,10-11,17H,2-4,7,9,16H2,1H3. The predicted molar refractivity (Wildman–Crippen MR) is 84.9 cm³/mol. The molecule has 1 saturated carbocycles. The van der Waals surface area contributed by atoms with Crippen molar-refractivity contribution in [1.29, 1.82) is 0 Å². The monoisotopic (exact) mass is 360 g/mol. The van der Waals surface area contributed by atoms with Crippen LogP contribution in [0.5, 0.6) is 0 Å². The fraction of sp³-hybridized carbons (Fsp3) is 0.571. The molecular formula is C14H21BrN2O2S. The summed E-state index contributed by atoms with van der Waals surface area (Å²) in [7, 11) is -3.52. The molecule has 1 aliphatic rings. The van der Waals surface area contributed by atoms with Gasteiger partial charge in [0.25, 0.3) is 0 Å². The minimum absolute atomic E-state index is 0.157. The Morgan fingerprint density at radius 3 is 2.80 bits per heavy atom. The van der Waals surface area contributed by atoms with Crippen LogP contribution in [-0.2, 0) is 10.0 Å². The topological polar surface area (TPSA) is 72.2 Å². The van der Waals surface area contributed by atoms with E-state index in [-0.39, 0.29) is 10.6 Å². The molecule has 0 spiro atoms. The summed E-state index contributed by atoms with van der Waals surface area (Å²) in [6, 6.07) is 4.83. The fourth-order valence-corrected chi connectivity index (χ4v) is 4.42. The molecule has 0 saturated heterocycles. The first-order chi connectivity index (χ1) is 9.38. The van der Waals surface area contributed by atoms with Crippen LogP contribution in [0.1, 0.15) is 32.6 Å². The van der Waals surface area contributed by atoms with Crippen LogP contribution in [0.4, 0.5) is 5.69 Å². The molecule has 2 rings (SSSR count). The van der Waals surface area contributed by atoms with E-state index in [0.29, 0.717) is 18.4 Å². The Morgan fingerprint density at radius 1 is 1.40 bits per heavy atom. The molecule has 2 unspecified atom stereocenters. The van der Waals surface area contributed by atoms with Gasteiger partial charge in [0.1, 0.15) is 4.90 Å². The van der Waals surface area contributed by atoms with Gasteiger partial charge in [-0.25, -0.2) is 13.1 Å². The second-order valence-electron chi connectivity index (χ2n) is 5.67. The van der Waals surface area contributed by atoms with Crippen LogP contribution in [0.3, 0.4) is 0 Å². The van der Waals surface area contributed by atoms with E-state index < -0.39 is 10.0 Å². The molecule has 2 atom stereocenters. The minimum atomic E-state index is -3.52. The minimum Gasteiger partial charge on any atom is -0.398 e. The van der Waals surface area contributed by atoms with Crippen LogP contribution in [-0.4, -0.2) is 15.0 Å². The van der Waals surface area contributed by atoms with Gasteiger partial charge in [0.2, 0.25) is 10.0 Å². The Morgan fingerprint density at radius 2 is 2.15 bits per heavy atom. The van der Waals surface area contributed by atoms with Crippen molar-refractivity contribution in [3.8, 4) is 0 Å². The summed E-state index contributed by atoms with van der Waals surface area (Å²) in [5.41, 5.74) is 6.06. The number of nitrogens with two attached hydrogens (primary N) is 1. The van der Waals surface area contributed by atoms with Gasteiger partial charge in [-0.15, -0.1) is 0 Å². The van der Waals surface area contributed by atoms with Crippen molar-refractivity contribution < 1.29 is 8.42 Å². The lowest BCUT2D eigenvalue weighted by Crippen LogP contribution is -2.32. The molecule has 1 aromatic rings. The quantitative estimate of drug-likeness (QED) is 0.810. The average molecular weight is 361 g/mol. The summed E-state index contributed by atoms with van der Waals surface area (Å²) in [5, 5.41) is 0. The number of hydrogen-bond donors (Lipinski definition) is 2. The Balaban J connectivity index is 2.03. The van der Waals surface area contributed by atoms with E-state index in [4.69, 9.17) is 5.73 Å². The number of sulfonamides is 1. The van der Waals surface area contributed by atoms with Crippen molar-refractivity contribution in [3.05, 3.63) is 22.7 Å². The summed E-state index contributed by atoms with van der Waals surface area (Å²) in [6.07, 6.45) is 4.64. The molecule has 1 aliphatic carbocycles. The lowest BCUT2D eigenvalue weighted by molar-refractivity contribution is 0.283. The molecular weight excluding hydrogens is 340 g/mol. The second-order valence-corrected chi connectivity index (χ2v) is 8.32. The number of halogens is 1. The summed E-state index contributed by atoms with van der Waals surface area (Å²) in [6.45, 7) is 2.73. The van der Waals surface area contributed by atoms with Crippen molar-refractivity contribution in [2.24, 2.45) is 11.8 Å². The van der Waals surface area contributed by atoms with Crippen LogP contribution in [0.15, 0.2) is 27.6 Å². The van der Waals surface area contributed by atoms with Gasteiger partial charge >= 0.3 is 0 Å². The molecule has 6 heteroatoms. The van der Waals surface area contributed by atoms with Gasteiger partial charge in [0.15, 0.2) is 0 Å². The first-order valence-electron chi connectivity index (χ1n) is 6.93. The first kappa shape index (κ1) is 15.8. The maximum absolute atomic E-state index is 12.3. The molecule has 4 nitrogen and oxygen atoms in total. The first-order valence-corrected chi connectivity index (χ1v) is 9.21. The molecule has 0 aromatic heterocycles. The number of nitrogens with one attached hydrogen (secondary N) is 1. The summed E-state index contributed by atoms with van der Waals surface area (Å²) >= 11 is 3.28. The van der Waals surface area contributed by atoms with Gasteiger partial charge in [-0.3, -0.25) is 0 Å². The van der Waals surface area contributed by atoms with Crippen molar-refractivity contribution >= 4 is 31.6 Å². The van der Waals surface area contributed by atoms with Crippen LogP contribution in [0, 0.1) is 11.8 Å². The zero-order chi connectivity index (χ0) is 14.8. The third kappa shape index (κ3) is 3.96. The normalized spacial score (nSPS) is 23.7. The third-order valence-electron chi connectivity index (χ3n) is 3.87. The van der Waals surface area contributed by atoms with Gasteiger partial charge in [-0.05, 0) is 42.9 Å². The summed E-state index contributed by atoms with van der Waals surface area (Å²) in [5.74, 6) is 1.13. The van der Waals surface area contributed by atoms with Gasteiger partial charge in [-0.2, -0.15) is 0 Å². The van der Waals surface area contributed by atoms with E-state index in [2.05, 4.69) is 27.6 Å². The highest BCUT2D eigenvalue weighted by molar-refractivity contribution is 9.10. The van der Waals surface area contributed by atoms with Gasteiger partial charge in [-0.1, -0.05) is 35.7 Å². The predicted octanol–water partition coefficient (Wildman–Crippen LogP) is 3.14. The molecule has 112 valence electrons. The SMILES string of the molecule is CC1CCCC(CNS(=O)(=O)c2ccc(Br)cc2N)C1. The molecule has 1 fully saturated rings. The zero-order valence-corrected chi connectivity index (χ0v) is 14.0. The Labute approximate surface area is 129 Å². The highest BCUT2D eigenvalue weighted by atomic mass is 79.9. The molecule has 0 aliphatic heterocycles. The van der Waals surface area contributed by atoms with E-state index in [9.17, 15) is 8.42 Å². The van der Waals surface area contributed by atoms with Crippen molar-refractivity contribution in [2.45, 2.75) is 37.5 Å². The Bertz CT molecular complexity index is 575. The molecule has 20 heavy (non-hydrogen) atoms. The average Bonchev–Trinajstić information content (AvgIpc) is 2.36. The van der Waals surface area contributed by atoms with Gasteiger partial charge in [0, 0.05) is 11.0 Å². The maximum Gasteiger partial charge on any atom is 0.242 e. The maximum atomic E-state index is 12.3. The Hall–Kier alpha value is -0.590. The molecule has 0 radical (unpaired) electrons. The molecule has 1 aromatic carbocycles. The van der Waals surface area contributed by atoms with Crippen molar-refractivity contribution in [2.75, 3.05) is 12.3 Å². The van der Waals surface area contributed by atoms with Gasteiger partial charge in [0.05, 0.1) is 5.69 Å².